The van der Waals surface area contributed by atoms with Gasteiger partial charge >= 0.3 is 5.97 Å². The summed E-state index contributed by atoms with van der Waals surface area (Å²) in [5.74, 6) is 4.47. The third-order valence-corrected chi connectivity index (χ3v) is 2.62. The standard InChI is InChI=1S/C10H23N3O3/c1-3-9(4-2)13(7-8-14)6-5-10(15)16-12-11/h9,12,14H,3-8,11H2,1-2H3. The topological polar surface area (TPSA) is 87.8 Å². The summed E-state index contributed by atoms with van der Waals surface area (Å²) in [5, 5.41) is 8.96. The maximum atomic E-state index is 11.1. The van der Waals surface area contributed by atoms with E-state index < -0.39 is 5.97 Å². The summed E-state index contributed by atoms with van der Waals surface area (Å²) in [6, 6.07) is 0.394. The van der Waals surface area contributed by atoms with E-state index in [1.807, 2.05) is 5.59 Å². The summed E-state index contributed by atoms with van der Waals surface area (Å²) in [6.07, 6.45) is 2.27. The summed E-state index contributed by atoms with van der Waals surface area (Å²) < 4.78 is 0. The molecule has 0 saturated heterocycles. The molecule has 0 saturated carbocycles. The summed E-state index contributed by atoms with van der Waals surface area (Å²) in [4.78, 5) is 17.6. The van der Waals surface area contributed by atoms with Crippen molar-refractivity contribution >= 4 is 5.97 Å². The van der Waals surface area contributed by atoms with E-state index in [9.17, 15) is 4.79 Å². The van der Waals surface area contributed by atoms with Gasteiger partial charge in [-0.1, -0.05) is 19.4 Å². The van der Waals surface area contributed by atoms with E-state index in [0.29, 0.717) is 19.1 Å². The van der Waals surface area contributed by atoms with Crippen LogP contribution in [0.3, 0.4) is 0 Å². The van der Waals surface area contributed by atoms with Crippen LogP contribution in [0.1, 0.15) is 33.1 Å². The number of rotatable bonds is 9. The van der Waals surface area contributed by atoms with Gasteiger partial charge in [0.1, 0.15) is 0 Å². The molecular weight excluding hydrogens is 210 g/mol. The number of hydrogen-bond donors (Lipinski definition) is 3. The van der Waals surface area contributed by atoms with Crippen molar-refractivity contribution in [2.24, 2.45) is 5.84 Å². The first kappa shape index (κ1) is 15.3. The molecule has 0 aromatic heterocycles. The molecule has 0 spiro atoms. The number of nitrogens with one attached hydrogen (secondary N) is 1. The summed E-state index contributed by atoms with van der Waals surface area (Å²) in [7, 11) is 0. The Morgan fingerprint density at radius 3 is 2.50 bits per heavy atom. The van der Waals surface area contributed by atoms with Crippen molar-refractivity contribution in [2.45, 2.75) is 39.2 Å². The van der Waals surface area contributed by atoms with E-state index in [-0.39, 0.29) is 13.0 Å². The fraction of sp³-hybridized carbons (Fsp3) is 0.900. The molecule has 0 aliphatic heterocycles. The van der Waals surface area contributed by atoms with Gasteiger partial charge in [0, 0.05) is 19.1 Å². The molecule has 0 aliphatic carbocycles. The minimum atomic E-state index is -0.392. The van der Waals surface area contributed by atoms with E-state index in [2.05, 4.69) is 23.6 Å². The number of carbonyl (C=O) groups excluding carboxylic acids is 1. The minimum absolute atomic E-state index is 0.0979. The molecule has 0 aliphatic rings. The Morgan fingerprint density at radius 2 is 2.06 bits per heavy atom. The lowest BCUT2D eigenvalue weighted by atomic mass is 10.1. The molecule has 6 heteroatoms. The van der Waals surface area contributed by atoms with Gasteiger partial charge in [-0.3, -0.25) is 9.69 Å². The van der Waals surface area contributed by atoms with Crippen LogP contribution in [0, 0.1) is 0 Å². The zero-order valence-corrected chi connectivity index (χ0v) is 10.1. The Morgan fingerprint density at radius 1 is 1.44 bits per heavy atom. The molecule has 16 heavy (non-hydrogen) atoms. The first-order valence-electron chi connectivity index (χ1n) is 5.69. The lowest BCUT2D eigenvalue weighted by Crippen LogP contribution is -2.39. The van der Waals surface area contributed by atoms with E-state index in [1.165, 1.54) is 0 Å². The molecular formula is C10H23N3O3. The molecule has 0 aromatic carbocycles. The second kappa shape index (κ2) is 9.53. The quantitative estimate of drug-likeness (QED) is 0.377. The molecule has 0 aromatic rings. The molecule has 0 unspecified atom stereocenters. The van der Waals surface area contributed by atoms with Gasteiger partial charge in [-0.05, 0) is 12.8 Å². The largest absolute Gasteiger partial charge is 0.395 e. The van der Waals surface area contributed by atoms with Crippen molar-refractivity contribution in [1.82, 2.24) is 10.5 Å². The van der Waals surface area contributed by atoms with Crippen LogP contribution in [0.5, 0.6) is 0 Å². The molecule has 0 heterocycles. The highest BCUT2D eigenvalue weighted by molar-refractivity contribution is 5.69. The average Bonchev–Trinajstić information content (AvgIpc) is 2.28. The van der Waals surface area contributed by atoms with Crippen molar-refractivity contribution in [2.75, 3.05) is 19.7 Å². The van der Waals surface area contributed by atoms with Gasteiger partial charge in [-0.2, -0.15) is 0 Å². The predicted octanol–water partition coefficient (Wildman–Crippen LogP) is -0.219. The highest BCUT2D eigenvalue weighted by atomic mass is 16.7. The number of carbonyl (C=O) groups is 1. The predicted molar refractivity (Wildman–Crippen MR) is 61.1 cm³/mol. The van der Waals surface area contributed by atoms with Crippen molar-refractivity contribution in [1.29, 1.82) is 0 Å². The smallest absolute Gasteiger partial charge is 0.327 e. The first-order valence-corrected chi connectivity index (χ1v) is 5.69. The number of aliphatic hydroxyl groups is 1. The first-order chi connectivity index (χ1) is 7.69. The van der Waals surface area contributed by atoms with Crippen LogP contribution in [0.15, 0.2) is 0 Å². The van der Waals surface area contributed by atoms with E-state index in [0.717, 1.165) is 12.8 Å². The van der Waals surface area contributed by atoms with E-state index in [4.69, 9.17) is 10.9 Å². The van der Waals surface area contributed by atoms with Gasteiger partial charge in [0.2, 0.25) is 0 Å². The zero-order valence-electron chi connectivity index (χ0n) is 10.1. The van der Waals surface area contributed by atoms with Crippen LogP contribution in [-0.4, -0.2) is 41.7 Å². The van der Waals surface area contributed by atoms with E-state index >= 15 is 0 Å². The molecule has 0 fully saturated rings. The minimum Gasteiger partial charge on any atom is -0.395 e. The van der Waals surface area contributed by atoms with Gasteiger partial charge in [0.25, 0.3) is 0 Å². The molecule has 96 valence electrons. The molecule has 4 N–H and O–H groups in total. The number of nitrogens with zero attached hydrogens (tertiary/aromatic N) is 1. The Balaban J connectivity index is 4.06. The van der Waals surface area contributed by atoms with Crippen LogP contribution in [0.25, 0.3) is 0 Å². The van der Waals surface area contributed by atoms with Crippen LogP contribution < -0.4 is 11.4 Å². The lowest BCUT2D eigenvalue weighted by Gasteiger charge is -2.29. The molecule has 0 atom stereocenters. The van der Waals surface area contributed by atoms with Gasteiger partial charge in [0.05, 0.1) is 13.0 Å². The highest BCUT2D eigenvalue weighted by Gasteiger charge is 2.16. The second-order valence-electron chi connectivity index (χ2n) is 3.57. The van der Waals surface area contributed by atoms with Gasteiger partial charge in [-0.25, -0.2) is 5.84 Å². The van der Waals surface area contributed by atoms with Crippen molar-refractivity contribution in [3.63, 3.8) is 0 Å². The normalized spacial score (nSPS) is 11.1. The number of hydrogen-bond acceptors (Lipinski definition) is 6. The maximum Gasteiger partial charge on any atom is 0.327 e. The Kier molecular flexibility index (Phi) is 9.12. The fourth-order valence-electron chi connectivity index (χ4n) is 1.76. The fourth-order valence-corrected chi connectivity index (χ4v) is 1.76. The summed E-state index contributed by atoms with van der Waals surface area (Å²) in [5.41, 5.74) is 1.86. The van der Waals surface area contributed by atoms with Crippen LogP contribution in [-0.2, 0) is 9.63 Å². The highest BCUT2D eigenvalue weighted by Crippen LogP contribution is 2.08. The SMILES string of the molecule is CCC(CC)N(CCO)CCC(=O)ONN. The van der Waals surface area contributed by atoms with Crippen LogP contribution in [0.2, 0.25) is 0 Å². The summed E-state index contributed by atoms with van der Waals surface area (Å²) >= 11 is 0. The van der Waals surface area contributed by atoms with Gasteiger partial charge < -0.3 is 9.94 Å². The lowest BCUT2D eigenvalue weighted by molar-refractivity contribution is -0.151. The van der Waals surface area contributed by atoms with Crippen molar-refractivity contribution < 1.29 is 14.7 Å². The Bertz CT molecular complexity index is 186. The van der Waals surface area contributed by atoms with Crippen molar-refractivity contribution in [3.8, 4) is 0 Å². The second-order valence-corrected chi connectivity index (χ2v) is 3.57. The molecule has 0 amide bonds. The molecule has 0 radical (unpaired) electrons. The molecule has 6 nitrogen and oxygen atoms in total. The average molecular weight is 233 g/mol. The zero-order chi connectivity index (χ0) is 12.4. The van der Waals surface area contributed by atoms with Crippen LogP contribution >= 0.6 is 0 Å². The Labute approximate surface area is 96.7 Å². The number of aliphatic hydroxyl groups excluding tert-OH is 1. The van der Waals surface area contributed by atoms with Crippen molar-refractivity contribution in [3.05, 3.63) is 0 Å². The van der Waals surface area contributed by atoms with Gasteiger partial charge in [0.15, 0.2) is 0 Å². The maximum absolute atomic E-state index is 11.1. The van der Waals surface area contributed by atoms with E-state index in [1.54, 1.807) is 0 Å². The molecule has 0 bridgehead atoms. The molecule has 0 rings (SSSR count). The Hall–Kier alpha value is -0.690. The third-order valence-electron chi connectivity index (χ3n) is 2.62. The summed E-state index contributed by atoms with van der Waals surface area (Å²) in [6.45, 7) is 5.44. The van der Waals surface area contributed by atoms with Gasteiger partial charge in [-0.15, -0.1) is 0 Å². The number of hydrazine groups is 1. The monoisotopic (exact) mass is 233 g/mol. The number of nitrogens with two attached hydrogens (primary N) is 1. The third kappa shape index (κ3) is 6.02. The van der Waals surface area contributed by atoms with Crippen LogP contribution in [0.4, 0.5) is 0 Å².